The van der Waals surface area contributed by atoms with Crippen molar-refractivity contribution in [2.75, 3.05) is 18.1 Å². The lowest BCUT2D eigenvalue weighted by Crippen LogP contribution is -2.34. The standard InChI is InChI=1S/C24H25NO3S/c1-3-25(20-10-6-8-17-7-4-5-9-19(17)20)23(26)15-28-24(27)22-14-18-13-16(2)11-12-21(18)29-22/h4-10,14,16H,3,11-13,15H2,1-2H3/t16-/m0/s1. The summed E-state index contributed by atoms with van der Waals surface area (Å²) in [7, 11) is 0. The van der Waals surface area contributed by atoms with Gasteiger partial charge in [0.25, 0.3) is 5.91 Å². The average molecular weight is 408 g/mol. The molecule has 1 aliphatic rings. The maximum atomic E-state index is 12.8. The molecular formula is C24H25NO3S. The van der Waals surface area contributed by atoms with Crippen molar-refractivity contribution in [2.24, 2.45) is 5.92 Å². The fourth-order valence-corrected chi connectivity index (χ4v) is 5.11. The molecule has 1 atom stereocenters. The number of rotatable bonds is 5. The highest BCUT2D eigenvalue weighted by atomic mass is 32.1. The molecule has 0 unspecified atom stereocenters. The number of likely N-dealkylation sites (N-methyl/N-ethyl adjacent to an activating group) is 1. The molecule has 2 aromatic carbocycles. The Morgan fingerprint density at radius 1 is 1.17 bits per heavy atom. The summed E-state index contributed by atoms with van der Waals surface area (Å²) in [6, 6.07) is 15.8. The first kappa shape index (κ1) is 19.6. The van der Waals surface area contributed by atoms with Crippen LogP contribution in [-0.2, 0) is 22.4 Å². The number of carbonyl (C=O) groups excluding carboxylic acids is 2. The van der Waals surface area contributed by atoms with Crippen molar-refractivity contribution in [3.8, 4) is 0 Å². The monoisotopic (exact) mass is 407 g/mol. The molecule has 0 radical (unpaired) electrons. The van der Waals surface area contributed by atoms with Crippen LogP contribution in [0.25, 0.3) is 10.8 Å². The van der Waals surface area contributed by atoms with Gasteiger partial charge in [0.2, 0.25) is 0 Å². The number of ether oxygens (including phenoxy) is 1. The molecule has 1 aromatic heterocycles. The van der Waals surface area contributed by atoms with Gasteiger partial charge in [0.1, 0.15) is 4.88 Å². The van der Waals surface area contributed by atoms with Crippen molar-refractivity contribution in [2.45, 2.75) is 33.1 Å². The molecule has 0 saturated carbocycles. The summed E-state index contributed by atoms with van der Waals surface area (Å²) in [5.74, 6) is 0.0351. The molecule has 29 heavy (non-hydrogen) atoms. The average Bonchev–Trinajstić information content (AvgIpc) is 3.16. The van der Waals surface area contributed by atoms with Gasteiger partial charge in [0, 0.05) is 16.8 Å². The van der Waals surface area contributed by atoms with Gasteiger partial charge in [0.05, 0.1) is 5.69 Å². The molecule has 5 heteroatoms. The molecular weight excluding hydrogens is 382 g/mol. The zero-order valence-corrected chi connectivity index (χ0v) is 17.6. The second-order valence-corrected chi connectivity index (χ2v) is 8.76. The number of esters is 1. The largest absolute Gasteiger partial charge is 0.451 e. The van der Waals surface area contributed by atoms with E-state index in [1.807, 2.05) is 55.5 Å². The van der Waals surface area contributed by atoms with Crippen molar-refractivity contribution in [1.82, 2.24) is 0 Å². The predicted octanol–water partition coefficient (Wildman–Crippen LogP) is 5.24. The molecule has 3 aromatic rings. The molecule has 0 bridgehead atoms. The van der Waals surface area contributed by atoms with Crippen molar-refractivity contribution < 1.29 is 14.3 Å². The van der Waals surface area contributed by atoms with E-state index in [2.05, 4.69) is 6.92 Å². The number of carbonyl (C=O) groups is 2. The molecule has 0 fully saturated rings. The topological polar surface area (TPSA) is 46.6 Å². The maximum Gasteiger partial charge on any atom is 0.348 e. The lowest BCUT2D eigenvalue weighted by molar-refractivity contribution is -0.121. The normalized spacial score (nSPS) is 15.7. The van der Waals surface area contributed by atoms with Crippen LogP contribution in [0.4, 0.5) is 5.69 Å². The number of hydrogen-bond acceptors (Lipinski definition) is 4. The van der Waals surface area contributed by atoms with Gasteiger partial charge < -0.3 is 9.64 Å². The van der Waals surface area contributed by atoms with E-state index in [0.29, 0.717) is 17.3 Å². The highest BCUT2D eigenvalue weighted by Gasteiger charge is 2.23. The van der Waals surface area contributed by atoms with E-state index >= 15 is 0 Å². The fraction of sp³-hybridized carbons (Fsp3) is 0.333. The third-order valence-corrected chi connectivity index (χ3v) is 6.75. The fourth-order valence-electron chi connectivity index (χ4n) is 4.01. The van der Waals surface area contributed by atoms with Crippen LogP contribution in [0.5, 0.6) is 0 Å². The van der Waals surface area contributed by atoms with Gasteiger partial charge in [-0.25, -0.2) is 4.79 Å². The Hall–Kier alpha value is -2.66. The first-order valence-electron chi connectivity index (χ1n) is 10.1. The predicted molar refractivity (Wildman–Crippen MR) is 118 cm³/mol. The van der Waals surface area contributed by atoms with Gasteiger partial charge in [-0.15, -0.1) is 11.3 Å². The first-order chi connectivity index (χ1) is 14.1. The van der Waals surface area contributed by atoms with Crippen LogP contribution < -0.4 is 4.90 Å². The quantitative estimate of drug-likeness (QED) is 0.544. The second kappa shape index (κ2) is 8.37. The van der Waals surface area contributed by atoms with Crippen LogP contribution in [0.2, 0.25) is 0 Å². The zero-order valence-electron chi connectivity index (χ0n) is 16.8. The summed E-state index contributed by atoms with van der Waals surface area (Å²) < 4.78 is 5.39. The minimum Gasteiger partial charge on any atom is -0.451 e. The van der Waals surface area contributed by atoms with E-state index in [4.69, 9.17) is 4.74 Å². The minimum absolute atomic E-state index is 0.216. The van der Waals surface area contributed by atoms with E-state index < -0.39 is 5.97 Å². The maximum absolute atomic E-state index is 12.8. The minimum atomic E-state index is -0.403. The van der Waals surface area contributed by atoms with Gasteiger partial charge in [0.15, 0.2) is 6.61 Å². The summed E-state index contributed by atoms with van der Waals surface area (Å²) in [5.41, 5.74) is 2.10. The van der Waals surface area contributed by atoms with Crippen molar-refractivity contribution in [1.29, 1.82) is 0 Å². The highest BCUT2D eigenvalue weighted by Crippen LogP contribution is 2.32. The molecule has 0 saturated heterocycles. The van der Waals surface area contributed by atoms with E-state index in [-0.39, 0.29) is 12.5 Å². The van der Waals surface area contributed by atoms with Gasteiger partial charge in [-0.1, -0.05) is 43.3 Å². The summed E-state index contributed by atoms with van der Waals surface area (Å²) in [6.45, 7) is 4.42. The lowest BCUT2D eigenvalue weighted by atomic mass is 9.90. The Bertz CT molecular complexity index is 1050. The van der Waals surface area contributed by atoms with Crippen LogP contribution in [0.1, 0.15) is 40.4 Å². The smallest absolute Gasteiger partial charge is 0.348 e. The Labute approximate surface area is 175 Å². The third kappa shape index (κ3) is 4.06. The van der Waals surface area contributed by atoms with Gasteiger partial charge in [-0.3, -0.25) is 4.79 Å². The summed E-state index contributed by atoms with van der Waals surface area (Å²) in [4.78, 5) is 28.9. The summed E-state index contributed by atoms with van der Waals surface area (Å²) in [6.07, 6.45) is 3.21. The number of fused-ring (bicyclic) bond motifs is 2. The molecule has 0 spiro atoms. The third-order valence-electron chi connectivity index (χ3n) is 5.53. The van der Waals surface area contributed by atoms with Crippen molar-refractivity contribution in [3.63, 3.8) is 0 Å². The van der Waals surface area contributed by atoms with Gasteiger partial charge in [-0.05, 0) is 55.2 Å². The van der Waals surface area contributed by atoms with Crippen LogP contribution >= 0.6 is 11.3 Å². The van der Waals surface area contributed by atoms with E-state index in [1.54, 1.807) is 4.90 Å². The van der Waals surface area contributed by atoms with Crippen LogP contribution in [0.3, 0.4) is 0 Å². The number of aryl methyl sites for hydroxylation is 1. The molecule has 150 valence electrons. The number of thiophene rings is 1. The number of hydrogen-bond donors (Lipinski definition) is 0. The van der Waals surface area contributed by atoms with E-state index in [9.17, 15) is 9.59 Å². The number of nitrogens with zero attached hydrogens (tertiary/aromatic N) is 1. The molecule has 1 aliphatic carbocycles. The van der Waals surface area contributed by atoms with E-state index in [1.165, 1.54) is 21.8 Å². The Morgan fingerprint density at radius 3 is 2.79 bits per heavy atom. The SMILES string of the molecule is CCN(C(=O)COC(=O)c1cc2c(s1)CC[C@H](C)C2)c1cccc2ccccc12. The molecule has 1 amide bonds. The van der Waals surface area contributed by atoms with Crippen LogP contribution in [0.15, 0.2) is 48.5 Å². The molecule has 0 aliphatic heterocycles. The first-order valence-corrected chi connectivity index (χ1v) is 10.9. The van der Waals surface area contributed by atoms with Crippen molar-refractivity contribution >= 4 is 39.7 Å². The van der Waals surface area contributed by atoms with Crippen LogP contribution in [0, 0.1) is 5.92 Å². The Kier molecular flexibility index (Phi) is 5.67. The summed E-state index contributed by atoms with van der Waals surface area (Å²) in [5, 5.41) is 2.09. The van der Waals surface area contributed by atoms with E-state index in [0.717, 1.165) is 35.7 Å². The van der Waals surface area contributed by atoms with Crippen LogP contribution in [-0.4, -0.2) is 25.0 Å². The number of anilines is 1. The van der Waals surface area contributed by atoms with Gasteiger partial charge >= 0.3 is 5.97 Å². The van der Waals surface area contributed by atoms with Gasteiger partial charge in [-0.2, -0.15) is 0 Å². The number of benzene rings is 2. The van der Waals surface area contributed by atoms with Crippen molar-refractivity contribution in [3.05, 3.63) is 63.8 Å². The Balaban J connectivity index is 1.46. The second-order valence-electron chi connectivity index (χ2n) is 7.62. The lowest BCUT2D eigenvalue weighted by Gasteiger charge is -2.22. The highest BCUT2D eigenvalue weighted by molar-refractivity contribution is 7.14. The summed E-state index contributed by atoms with van der Waals surface area (Å²) >= 11 is 1.51. The molecule has 0 N–H and O–H groups in total. The molecule has 4 rings (SSSR count). The number of amides is 1. The molecule has 4 nitrogen and oxygen atoms in total. The Morgan fingerprint density at radius 2 is 1.97 bits per heavy atom. The molecule has 1 heterocycles. The zero-order chi connectivity index (χ0) is 20.4.